The molecule has 24 heavy (non-hydrogen) atoms. The van der Waals surface area contributed by atoms with Gasteiger partial charge in [-0.25, -0.2) is 0 Å². The lowest BCUT2D eigenvalue weighted by Gasteiger charge is -2.39. The molecule has 2 aliphatic heterocycles. The van der Waals surface area contributed by atoms with Crippen LogP contribution >= 0.6 is 24.8 Å². The van der Waals surface area contributed by atoms with Crippen molar-refractivity contribution in [3.8, 4) is 0 Å². The van der Waals surface area contributed by atoms with Crippen LogP contribution in [0.15, 0.2) is 0 Å². The number of amides is 2. The first-order chi connectivity index (χ1) is 10.6. The van der Waals surface area contributed by atoms with Gasteiger partial charge in [-0.15, -0.1) is 24.8 Å². The molecule has 2 atom stereocenters. The Kier molecular flexibility index (Phi) is 8.77. The number of carbonyl (C=O) groups excluding carboxylic acids is 2. The van der Waals surface area contributed by atoms with Gasteiger partial charge in [0.25, 0.3) is 0 Å². The van der Waals surface area contributed by atoms with E-state index in [0.29, 0.717) is 11.9 Å². The van der Waals surface area contributed by atoms with Gasteiger partial charge in [0.15, 0.2) is 0 Å². The van der Waals surface area contributed by atoms with E-state index in [1.807, 2.05) is 11.8 Å². The Morgan fingerprint density at radius 3 is 2.29 bits per heavy atom. The van der Waals surface area contributed by atoms with Gasteiger partial charge in [0.05, 0.1) is 12.0 Å². The van der Waals surface area contributed by atoms with Crippen LogP contribution in [0.1, 0.15) is 32.6 Å². The predicted molar refractivity (Wildman–Crippen MR) is 98.9 cm³/mol. The zero-order valence-electron chi connectivity index (χ0n) is 14.3. The van der Waals surface area contributed by atoms with E-state index < -0.39 is 0 Å². The van der Waals surface area contributed by atoms with Gasteiger partial charge in [0.1, 0.15) is 0 Å². The number of nitrogens with one attached hydrogen (secondary N) is 2. The number of halogens is 2. The zero-order valence-corrected chi connectivity index (χ0v) is 16.0. The van der Waals surface area contributed by atoms with Crippen LogP contribution in [0, 0.1) is 5.92 Å². The molecule has 2 amide bonds. The van der Waals surface area contributed by atoms with Crippen LogP contribution in [0.2, 0.25) is 0 Å². The molecule has 0 radical (unpaired) electrons. The summed E-state index contributed by atoms with van der Waals surface area (Å²) in [7, 11) is 0. The number of hydrogen-bond donors (Lipinski definition) is 2. The van der Waals surface area contributed by atoms with Crippen molar-refractivity contribution in [2.24, 2.45) is 5.92 Å². The number of piperidine rings is 1. The molecule has 2 saturated heterocycles. The largest absolute Gasteiger partial charge is 0.352 e. The van der Waals surface area contributed by atoms with Gasteiger partial charge in [-0.05, 0) is 39.2 Å². The van der Waals surface area contributed by atoms with Crippen molar-refractivity contribution in [3.63, 3.8) is 0 Å². The summed E-state index contributed by atoms with van der Waals surface area (Å²) in [6.45, 7) is 6.91. The topological polar surface area (TPSA) is 64.7 Å². The number of piperazine rings is 1. The van der Waals surface area contributed by atoms with Gasteiger partial charge in [-0.3, -0.25) is 14.5 Å². The zero-order chi connectivity index (χ0) is 15.5. The first-order valence-electron chi connectivity index (χ1n) is 8.69. The maximum absolute atomic E-state index is 12.5. The summed E-state index contributed by atoms with van der Waals surface area (Å²) in [5.74, 6) is 0.580. The lowest BCUT2D eigenvalue weighted by Crippen LogP contribution is -2.56. The third-order valence-electron chi connectivity index (χ3n) is 5.12. The maximum Gasteiger partial charge on any atom is 0.237 e. The average molecular weight is 381 g/mol. The van der Waals surface area contributed by atoms with Gasteiger partial charge in [0.2, 0.25) is 11.8 Å². The summed E-state index contributed by atoms with van der Waals surface area (Å²) in [4.78, 5) is 28.8. The number of rotatable bonds is 4. The van der Waals surface area contributed by atoms with Crippen molar-refractivity contribution in [2.45, 2.75) is 44.7 Å². The second-order valence-electron chi connectivity index (χ2n) is 6.86. The van der Waals surface area contributed by atoms with Gasteiger partial charge >= 0.3 is 0 Å². The van der Waals surface area contributed by atoms with Crippen molar-refractivity contribution >= 4 is 36.6 Å². The molecule has 3 fully saturated rings. The van der Waals surface area contributed by atoms with Gasteiger partial charge in [-0.2, -0.15) is 0 Å². The molecular weight excluding hydrogens is 351 g/mol. The first-order valence-corrected chi connectivity index (χ1v) is 8.69. The molecule has 2 heterocycles. The summed E-state index contributed by atoms with van der Waals surface area (Å²) >= 11 is 0. The summed E-state index contributed by atoms with van der Waals surface area (Å²) in [5.41, 5.74) is 0. The van der Waals surface area contributed by atoms with E-state index in [0.717, 1.165) is 65.0 Å². The maximum atomic E-state index is 12.5. The molecule has 1 saturated carbocycles. The molecule has 0 aromatic carbocycles. The molecular formula is C16H30Cl2N4O2. The Bertz CT molecular complexity index is 420. The lowest BCUT2D eigenvalue weighted by molar-refractivity contribution is -0.138. The standard InChI is InChI=1S/C16H28N4O2.2ClH/c1-12(15(21)18-14-4-5-14)19-7-9-20(10-8-19)16(22)13-3-2-6-17-11-13;;/h12-14,17H,2-11H2,1H3,(H,18,21);2*1H. The third-order valence-corrected chi connectivity index (χ3v) is 5.12. The van der Waals surface area contributed by atoms with E-state index in [-0.39, 0.29) is 42.7 Å². The summed E-state index contributed by atoms with van der Waals surface area (Å²) in [6, 6.07) is 0.325. The average Bonchev–Trinajstić information content (AvgIpc) is 3.38. The minimum absolute atomic E-state index is 0. The smallest absolute Gasteiger partial charge is 0.237 e. The second kappa shape index (κ2) is 9.80. The predicted octanol–water partition coefficient (Wildman–Crippen LogP) is 0.641. The third kappa shape index (κ3) is 5.48. The van der Waals surface area contributed by atoms with E-state index >= 15 is 0 Å². The highest BCUT2D eigenvalue weighted by Crippen LogP contribution is 2.20. The molecule has 1 aliphatic carbocycles. The van der Waals surface area contributed by atoms with E-state index in [4.69, 9.17) is 0 Å². The van der Waals surface area contributed by atoms with Gasteiger partial charge < -0.3 is 15.5 Å². The van der Waals surface area contributed by atoms with Gasteiger partial charge in [0, 0.05) is 38.8 Å². The molecule has 2 unspecified atom stereocenters. The molecule has 3 rings (SSSR count). The van der Waals surface area contributed by atoms with E-state index in [1.165, 1.54) is 0 Å². The van der Waals surface area contributed by atoms with Crippen molar-refractivity contribution in [1.29, 1.82) is 0 Å². The number of nitrogens with zero attached hydrogens (tertiary/aromatic N) is 2. The molecule has 0 aromatic rings. The number of carbonyl (C=O) groups is 2. The molecule has 0 aromatic heterocycles. The van der Waals surface area contributed by atoms with E-state index in [9.17, 15) is 9.59 Å². The monoisotopic (exact) mass is 380 g/mol. The van der Waals surface area contributed by atoms with Crippen LogP contribution in [-0.4, -0.2) is 73.0 Å². The van der Waals surface area contributed by atoms with Crippen molar-refractivity contribution < 1.29 is 9.59 Å². The highest BCUT2D eigenvalue weighted by Gasteiger charge is 2.32. The van der Waals surface area contributed by atoms with Crippen molar-refractivity contribution in [3.05, 3.63) is 0 Å². The lowest BCUT2D eigenvalue weighted by atomic mass is 9.98. The quantitative estimate of drug-likeness (QED) is 0.750. The Morgan fingerprint density at radius 2 is 1.75 bits per heavy atom. The van der Waals surface area contributed by atoms with Crippen LogP contribution in [0.25, 0.3) is 0 Å². The minimum Gasteiger partial charge on any atom is -0.352 e. The molecule has 2 N–H and O–H groups in total. The van der Waals surface area contributed by atoms with Crippen LogP contribution in [0.5, 0.6) is 0 Å². The Hall–Kier alpha value is -0.560. The molecule has 140 valence electrons. The van der Waals surface area contributed by atoms with Crippen LogP contribution in [0.4, 0.5) is 0 Å². The van der Waals surface area contributed by atoms with Crippen LogP contribution in [-0.2, 0) is 9.59 Å². The molecule has 0 bridgehead atoms. The molecule has 6 nitrogen and oxygen atoms in total. The van der Waals surface area contributed by atoms with Crippen molar-refractivity contribution in [1.82, 2.24) is 20.4 Å². The fourth-order valence-electron chi connectivity index (χ4n) is 3.37. The molecule has 8 heteroatoms. The minimum atomic E-state index is -0.0887. The van der Waals surface area contributed by atoms with Crippen LogP contribution < -0.4 is 10.6 Å². The summed E-state index contributed by atoms with van der Waals surface area (Å²) in [5, 5.41) is 6.38. The van der Waals surface area contributed by atoms with E-state index in [1.54, 1.807) is 0 Å². The Balaban J connectivity index is 0.00000144. The highest BCUT2D eigenvalue weighted by molar-refractivity contribution is 5.85. The Labute approximate surface area is 156 Å². The van der Waals surface area contributed by atoms with E-state index in [2.05, 4.69) is 15.5 Å². The highest BCUT2D eigenvalue weighted by atomic mass is 35.5. The van der Waals surface area contributed by atoms with Crippen molar-refractivity contribution in [2.75, 3.05) is 39.3 Å². The first kappa shape index (κ1) is 21.5. The fourth-order valence-corrected chi connectivity index (χ4v) is 3.37. The Morgan fingerprint density at radius 1 is 1.08 bits per heavy atom. The number of hydrogen-bond acceptors (Lipinski definition) is 4. The summed E-state index contributed by atoms with van der Waals surface area (Å²) in [6.07, 6.45) is 4.34. The summed E-state index contributed by atoms with van der Waals surface area (Å²) < 4.78 is 0. The van der Waals surface area contributed by atoms with Gasteiger partial charge in [-0.1, -0.05) is 0 Å². The second-order valence-corrected chi connectivity index (χ2v) is 6.86. The molecule has 3 aliphatic rings. The fraction of sp³-hybridized carbons (Fsp3) is 0.875. The van der Waals surface area contributed by atoms with Crippen LogP contribution in [0.3, 0.4) is 0 Å². The molecule has 0 spiro atoms. The SMILES string of the molecule is CC(C(=O)NC1CC1)N1CCN(C(=O)C2CCCNC2)CC1.Cl.Cl. The normalized spacial score (nSPS) is 25.9.